The largest absolute Gasteiger partial charge is 0.496 e. The number of halogens is 1. The van der Waals surface area contributed by atoms with Crippen molar-refractivity contribution in [3.63, 3.8) is 0 Å². The Hall–Kier alpha value is -1.37. The fraction of sp³-hybridized carbons (Fsp3) is 0.526. The highest BCUT2D eigenvalue weighted by molar-refractivity contribution is 9.10. The second-order valence-corrected chi connectivity index (χ2v) is 7.20. The molecule has 0 spiro atoms. The minimum atomic E-state index is -0.0823. The third-order valence-electron chi connectivity index (χ3n) is 4.66. The molecule has 0 aliphatic carbocycles. The van der Waals surface area contributed by atoms with Crippen LogP contribution in [0, 0.1) is 0 Å². The Kier molecular flexibility index (Phi) is 7.93. The molecule has 1 aliphatic heterocycles. The molecule has 25 heavy (non-hydrogen) atoms. The molecule has 5 nitrogen and oxygen atoms in total. The smallest absolute Gasteiger partial charge is 0.244 e. The molecule has 1 saturated heterocycles. The van der Waals surface area contributed by atoms with Crippen molar-refractivity contribution in [3.8, 4) is 5.75 Å². The Bertz CT molecular complexity index is 598. The Morgan fingerprint density at radius 3 is 2.72 bits per heavy atom. The predicted octanol–water partition coefficient (Wildman–Crippen LogP) is 2.61. The van der Waals surface area contributed by atoms with Crippen molar-refractivity contribution in [1.29, 1.82) is 0 Å². The van der Waals surface area contributed by atoms with Crippen LogP contribution in [-0.2, 0) is 4.79 Å². The molecule has 1 aromatic carbocycles. The third-order valence-corrected chi connectivity index (χ3v) is 5.15. The lowest BCUT2D eigenvalue weighted by Gasteiger charge is -2.37. The van der Waals surface area contributed by atoms with Crippen molar-refractivity contribution in [2.24, 2.45) is 0 Å². The lowest BCUT2D eigenvalue weighted by Crippen LogP contribution is -2.52. The Labute approximate surface area is 159 Å². The molecule has 6 heteroatoms. The van der Waals surface area contributed by atoms with E-state index in [2.05, 4.69) is 44.9 Å². The highest BCUT2D eigenvalue weighted by Gasteiger charge is 2.20. The number of nitrogens with zero attached hydrogens (tertiary/aromatic N) is 2. The lowest BCUT2D eigenvalue weighted by molar-refractivity contribution is -0.116. The van der Waals surface area contributed by atoms with Gasteiger partial charge in [-0.05, 0) is 37.7 Å². The first-order valence-electron chi connectivity index (χ1n) is 8.79. The van der Waals surface area contributed by atoms with Gasteiger partial charge in [0, 0.05) is 54.9 Å². The van der Waals surface area contributed by atoms with Gasteiger partial charge in [0.25, 0.3) is 0 Å². The maximum atomic E-state index is 12.1. The fourth-order valence-corrected chi connectivity index (χ4v) is 3.34. The summed E-state index contributed by atoms with van der Waals surface area (Å²) in [5.41, 5.74) is 0.871. The quantitative estimate of drug-likeness (QED) is 0.702. The second-order valence-electron chi connectivity index (χ2n) is 6.28. The number of benzene rings is 1. The maximum Gasteiger partial charge on any atom is 0.244 e. The summed E-state index contributed by atoms with van der Waals surface area (Å²) in [6, 6.07) is 6.06. The van der Waals surface area contributed by atoms with Crippen molar-refractivity contribution >= 4 is 27.9 Å². The van der Waals surface area contributed by atoms with Crippen molar-refractivity contribution in [1.82, 2.24) is 15.1 Å². The molecular formula is C19H28BrN3O2. The molecule has 1 N–H and O–H groups in total. The first-order chi connectivity index (χ1) is 12.0. The fourth-order valence-electron chi connectivity index (χ4n) is 2.96. The normalized spacial score (nSPS) is 17.6. The van der Waals surface area contributed by atoms with E-state index in [-0.39, 0.29) is 5.91 Å². The summed E-state index contributed by atoms with van der Waals surface area (Å²) in [5, 5.41) is 2.99. The van der Waals surface area contributed by atoms with Crippen LogP contribution in [0.25, 0.3) is 6.08 Å². The van der Waals surface area contributed by atoms with Gasteiger partial charge in [0.1, 0.15) is 5.75 Å². The number of piperazine rings is 1. The van der Waals surface area contributed by atoms with Gasteiger partial charge in [0.15, 0.2) is 0 Å². The topological polar surface area (TPSA) is 44.8 Å². The first kappa shape index (κ1) is 19.9. The number of likely N-dealkylation sites (N-methyl/N-ethyl adjacent to an activating group) is 1. The van der Waals surface area contributed by atoms with E-state index < -0.39 is 0 Å². The van der Waals surface area contributed by atoms with Crippen LogP contribution in [0.5, 0.6) is 5.75 Å². The SMILES string of the molecule is CCN1CCN(C(C)CNC(=O)/C=C/c2cc(Br)ccc2OC)CC1. The van der Waals surface area contributed by atoms with Gasteiger partial charge >= 0.3 is 0 Å². The number of amides is 1. The van der Waals surface area contributed by atoms with Gasteiger partial charge in [0.05, 0.1) is 7.11 Å². The van der Waals surface area contributed by atoms with Gasteiger partial charge in [-0.15, -0.1) is 0 Å². The second kappa shape index (κ2) is 9.94. The maximum absolute atomic E-state index is 12.1. The van der Waals surface area contributed by atoms with Gasteiger partial charge in [-0.3, -0.25) is 9.69 Å². The lowest BCUT2D eigenvalue weighted by atomic mass is 10.2. The molecule has 0 saturated carbocycles. The summed E-state index contributed by atoms with van der Waals surface area (Å²) in [6.45, 7) is 10.5. The molecule has 0 aromatic heterocycles. The molecule has 1 aliphatic rings. The first-order valence-corrected chi connectivity index (χ1v) is 9.58. The summed E-state index contributed by atoms with van der Waals surface area (Å²) < 4.78 is 6.27. The van der Waals surface area contributed by atoms with Crippen LogP contribution >= 0.6 is 15.9 Å². The van der Waals surface area contributed by atoms with Crippen LogP contribution in [-0.4, -0.2) is 68.1 Å². The van der Waals surface area contributed by atoms with E-state index in [1.54, 1.807) is 19.3 Å². The molecular weight excluding hydrogens is 382 g/mol. The standard InChI is InChI=1S/C19H28BrN3O2/c1-4-22-9-11-23(12-10-22)15(2)14-21-19(24)8-5-16-13-17(20)6-7-18(16)25-3/h5-8,13,15H,4,9-12,14H2,1-3H3,(H,21,24)/b8-5+. The summed E-state index contributed by atoms with van der Waals surface area (Å²) >= 11 is 3.44. The number of hydrogen-bond donors (Lipinski definition) is 1. The minimum Gasteiger partial charge on any atom is -0.496 e. The number of carbonyl (C=O) groups is 1. The van der Waals surface area contributed by atoms with Crippen LogP contribution in [0.3, 0.4) is 0 Å². The van der Waals surface area contributed by atoms with Gasteiger partial charge in [0.2, 0.25) is 5.91 Å². The summed E-state index contributed by atoms with van der Waals surface area (Å²) in [6.07, 6.45) is 3.34. The Morgan fingerprint density at radius 1 is 1.36 bits per heavy atom. The van der Waals surface area contributed by atoms with Crippen molar-refractivity contribution in [2.45, 2.75) is 19.9 Å². The molecule has 1 aromatic rings. The molecule has 138 valence electrons. The summed E-state index contributed by atoms with van der Waals surface area (Å²) in [5.74, 6) is 0.662. The van der Waals surface area contributed by atoms with Gasteiger partial charge in [-0.1, -0.05) is 22.9 Å². The number of hydrogen-bond acceptors (Lipinski definition) is 4. The number of nitrogens with one attached hydrogen (secondary N) is 1. The molecule has 2 rings (SSSR count). The van der Waals surface area contributed by atoms with E-state index in [0.29, 0.717) is 12.6 Å². The highest BCUT2D eigenvalue weighted by atomic mass is 79.9. The zero-order chi connectivity index (χ0) is 18.2. The molecule has 1 heterocycles. The molecule has 1 fully saturated rings. The summed E-state index contributed by atoms with van der Waals surface area (Å²) in [4.78, 5) is 17.0. The van der Waals surface area contributed by atoms with Crippen LogP contribution in [0.1, 0.15) is 19.4 Å². The van der Waals surface area contributed by atoms with E-state index in [1.165, 1.54) is 0 Å². The van der Waals surface area contributed by atoms with E-state index in [9.17, 15) is 4.79 Å². The molecule has 0 bridgehead atoms. The van der Waals surface area contributed by atoms with Crippen LogP contribution in [0.4, 0.5) is 0 Å². The highest BCUT2D eigenvalue weighted by Crippen LogP contribution is 2.24. The Morgan fingerprint density at radius 2 is 2.08 bits per heavy atom. The van der Waals surface area contributed by atoms with E-state index in [4.69, 9.17) is 4.74 Å². The molecule has 0 radical (unpaired) electrons. The Balaban J connectivity index is 1.81. The zero-order valence-electron chi connectivity index (χ0n) is 15.3. The van der Waals surface area contributed by atoms with E-state index >= 15 is 0 Å². The van der Waals surface area contributed by atoms with Crippen molar-refractivity contribution in [2.75, 3.05) is 46.4 Å². The number of carbonyl (C=O) groups excluding carboxylic acids is 1. The van der Waals surface area contributed by atoms with E-state index in [0.717, 1.165) is 48.5 Å². The van der Waals surface area contributed by atoms with Crippen molar-refractivity contribution < 1.29 is 9.53 Å². The van der Waals surface area contributed by atoms with Gasteiger partial charge < -0.3 is 15.0 Å². The van der Waals surface area contributed by atoms with Gasteiger partial charge in [-0.2, -0.15) is 0 Å². The zero-order valence-corrected chi connectivity index (χ0v) is 16.9. The van der Waals surface area contributed by atoms with Gasteiger partial charge in [-0.25, -0.2) is 0 Å². The summed E-state index contributed by atoms with van der Waals surface area (Å²) in [7, 11) is 1.63. The van der Waals surface area contributed by atoms with Crippen molar-refractivity contribution in [3.05, 3.63) is 34.3 Å². The molecule has 1 atom stereocenters. The number of methoxy groups -OCH3 is 1. The average Bonchev–Trinajstić information content (AvgIpc) is 2.64. The monoisotopic (exact) mass is 409 g/mol. The van der Waals surface area contributed by atoms with Crippen LogP contribution < -0.4 is 10.1 Å². The third kappa shape index (κ3) is 6.13. The minimum absolute atomic E-state index is 0.0823. The van der Waals surface area contributed by atoms with Crippen LogP contribution in [0.15, 0.2) is 28.7 Å². The van der Waals surface area contributed by atoms with Crippen LogP contribution in [0.2, 0.25) is 0 Å². The number of rotatable bonds is 7. The average molecular weight is 410 g/mol. The van der Waals surface area contributed by atoms with E-state index in [1.807, 2.05) is 18.2 Å². The molecule has 1 unspecified atom stereocenters. The number of ether oxygens (including phenoxy) is 1. The molecule has 1 amide bonds. The predicted molar refractivity (Wildman–Crippen MR) is 106 cm³/mol.